The van der Waals surface area contributed by atoms with E-state index in [1.165, 1.54) is 0 Å². The fourth-order valence-electron chi connectivity index (χ4n) is 4.94. The summed E-state index contributed by atoms with van der Waals surface area (Å²) in [5.74, 6) is -1.18. The number of benzene rings is 2. The van der Waals surface area contributed by atoms with Gasteiger partial charge in [0.2, 0.25) is 11.8 Å². The fraction of sp³-hybridized carbons (Fsp3) is 0.423. The zero-order valence-electron chi connectivity index (χ0n) is 19.4. The molecule has 7 nitrogen and oxygen atoms in total. The van der Waals surface area contributed by atoms with Crippen LogP contribution < -0.4 is 16.4 Å². The Kier molecular flexibility index (Phi) is 6.01. The molecule has 0 saturated carbocycles. The van der Waals surface area contributed by atoms with Crippen LogP contribution in [0, 0.1) is 5.92 Å². The second-order valence-electron chi connectivity index (χ2n) is 10.3. The largest absolute Gasteiger partial charge is 0.351 e. The fourth-order valence-corrected chi connectivity index (χ4v) is 4.94. The number of nitrogens with zero attached hydrogens (tertiary/aromatic N) is 1. The standard InChI is InChI=1S/C26H32N4O3/c1-25(2,3)28-23(32)20-15-30(24(33)21(27)13-17-9-5-4-6-10-17)16-26(20)14-18-11-7-8-12-19(18)22(31)29-26/h4-12,20-21H,13-16,27H2,1-3H3,(H,28,32)(H,29,31)/t20-,21?,26+/m0/s1. The highest BCUT2D eigenvalue weighted by Gasteiger charge is 2.54. The minimum absolute atomic E-state index is 0.172. The second kappa shape index (κ2) is 8.63. The molecule has 0 radical (unpaired) electrons. The van der Waals surface area contributed by atoms with Crippen molar-refractivity contribution in [2.75, 3.05) is 13.1 Å². The first-order valence-corrected chi connectivity index (χ1v) is 11.4. The normalized spacial score (nSPS) is 23.1. The predicted octanol–water partition coefficient (Wildman–Crippen LogP) is 1.65. The number of carbonyl (C=O) groups excluding carboxylic acids is 3. The lowest BCUT2D eigenvalue weighted by Gasteiger charge is -2.39. The van der Waals surface area contributed by atoms with Crippen molar-refractivity contribution in [2.24, 2.45) is 11.7 Å². The molecule has 2 aliphatic rings. The van der Waals surface area contributed by atoms with Gasteiger partial charge in [-0.15, -0.1) is 0 Å². The number of hydrogen-bond donors (Lipinski definition) is 3. The van der Waals surface area contributed by atoms with Gasteiger partial charge in [0, 0.05) is 24.2 Å². The van der Waals surface area contributed by atoms with Crippen LogP contribution in [0.15, 0.2) is 54.6 Å². The smallest absolute Gasteiger partial charge is 0.252 e. The van der Waals surface area contributed by atoms with Crippen LogP contribution in [-0.2, 0) is 22.4 Å². The Morgan fingerprint density at radius 2 is 1.82 bits per heavy atom. The van der Waals surface area contributed by atoms with Crippen LogP contribution in [0.3, 0.4) is 0 Å². The molecule has 1 unspecified atom stereocenters. The molecule has 0 aromatic heterocycles. The summed E-state index contributed by atoms with van der Waals surface area (Å²) in [6.45, 7) is 6.21. The van der Waals surface area contributed by atoms with Gasteiger partial charge in [0.1, 0.15) is 0 Å². The van der Waals surface area contributed by atoms with E-state index in [1.54, 1.807) is 11.0 Å². The molecule has 0 bridgehead atoms. The Morgan fingerprint density at radius 1 is 1.15 bits per heavy atom. The number of rotatable bonds is 4. The van der Waals surface area contributed by atoms with Gasteiger partial charge in [-0.25, -0.2) is 0 Å². The van der Waals surface area contributed by atoms with Crippen molar-refractivity contribution < 1.29 is 14.4 Å². The predicted molar refractivity (Wildman–Crippen MR) is 126 cm³/mol. The van der Waals surface area contributed by atoms with Crippen molar-refractivity contribution in [2.45, 2.75) is 50.7 Å². The first kappa shape index (κ1) is 23.0. The van der Waals surface area contributed by atoms with Gasteiger partial charge in [-0.1, -0.05) is 48.5 Å². The molecule has 33 heavy (non-hydrogen) atoms. The van der Waals surface area contributed by atoms with Crippen LogP contribution in [-0.4, -0.2) is 52.8 Å². The number of nitrogens with one attached hydrogen (secondary N) is 2. The molecule has 4 N–H and O–H groups in total. The molecular formula is C26H32N4O3. The summed E-state index contributed by atoms with van der Waals surface area (Å²) in [6, 6.07) is 16.3. The van der Waals surface area contributed by atoms with E-state index in [1.807, 2.05) is 69.3 Å². The molecule has 4 rings (SSSR count). The molecule has 2 aliphatic heterocycles. The Labute approximate surface area is 194 Å². The van der Waals surface area contributed by atoms with E-state index in [4.69, 9.17) is 5.73 Å². The van der Waals surface area contributed by atoms with Crippen LogP contribution in [0.25, 0.3) is 0 Å². The minimum atomic E-state index is -0.872. The van der Waals surface area contributed by atoms with Gasteiger partial charge in [0.05, 0.1) is 17.5 Å². The Bertz CT molecular complexity index is 1060. The molecule has 0 aliphatic carbocycles. The van der Waals surface area contributed by atoms with Gasteiger partial charge in [-0.2, -0.15) is 0 Å². The lowest BCUT2D eigenvalue weighted by molar-refractivity contribution is -0.132. The minimum Gasteiger partial charge on any atom is -0.351 e. The SMILES string of the molecule is CC(C)(C)NC(=O)[C@@H]1CN(C(=O)C(N)Cc2ccccc2)C[C@]12Cc1ccccc1C(=O)N2. The van der Waals surface area contributed by atoms with Crippen LogP contribution >= 0.6 is 0 Å². The topological polar surface area (TPSA) is 105 Å². The van der Waals surface area contributed by atoms with Crippen LogP contribution in [0.2, 0.25) is 0 Å². The van der Waals surface area contributed by atoms with Crippen molar-refractivity contribution in [1.82, 2.24) is 15.5 Å². The number of amides is 3. The lowest BCUT2D eigenvalue weighted by atomic mass is 9.76. The highest BCUT2D eigenvalue weighted by atomic mass is 16.2. The summed E-state index contributed by atoms with van der Waals surface area (Å²) >= 11 is 0. The average Bonchev–Trinajstić information content (AvgIpc) is 3.11. The van der Waals surface area contributed by atoms with Gasteiger partial charge in [-0.05, 0) is 50.8 Å². The zero-order chi connectivity index (χ0) is 23.8. The third kappa shape index (κ3) is 4.78. The summed E-state index contributed by atoms with van der Waals surface area (Å²) in [7, 11) is 0. The number of likely N-dealkylation sites (tertiary alicyclic amines) is 1. The maximum absolute atomic E-state index is 13.4. The Balaban J connectivity index is 1.61. The molecule has 2 aromatic carbocycles. The van der Waals surface area contributed by atoms with E-state index in [2.05, 4.69) is 10.6 Å². The summed E-state index contributed by atoms with van der Waals surface area (Å²) in [6.07, 6.45) is 0.895. The van der Waals surface area contributed by atoms with E-state index < -0.39 is 23.0 Å². The maximum atomic E-state index is 13.4. The molecular weight excluding hydrogens is 416 g/mol. The first-order chi connectivity index (χ1) is 15.6. The molecule has 3 atom stereocenters. The summed E-state index contributed by atoms with van der Waals surface area (Å²) < 4.78 is 0. The summed E-state index contributed by atoms with van der Waals surface area (Å²) in [4.78, 5) is 41.3. The second-order valence-corrected chi connectivity index (χ2v) is 10.3. The van der Waals surface area contributed by atoms with Crippen molar-refractivity contribution in [1.29, 1.82) is 0 Å². The number of hydrogen-bond acceptors (Lipinski definition) is 4. The average molecular weight is 449 g/mol. The van der Waals surface area contributed by atoms with Gasteiger partial charge in [0.25, 0.3) is 5.91 Å². The van der Waals surface area contributed by atoms with E-state index >= 15 is 0 Å². The molecule has 2 aromatic rings. The number of carbonyl (C=O) groups is 3. The first-order valence-electron chi connectivity index (χ1n) is 11.4. The summed E-state index contributed by atoms with van der Waals surface area (Å²) in [5, 5.41) is 6.14. The van der Waals surface area contributed by atoms with Crippen molar-refractivity contribution in [3.05, 3.63) is 71.3 Å². The van der Waals surface area contributed by atoms with Gasteiger partial charge >= 0.3 is 0 Å². The Morgan fingerprint density at radius 3 is 2.52 bits per heavy atom. The quantitative estimate of drug-likeness (QED) is 0.662. The van der Waals surface area contributed by atoms with Crippen molar-refractivity contribution in [3.63, 3.8) is 0 Å². The molecule has 1 saturated heterocycles. The van der Waals surface area contributed by atoms with Crippen LogP contribution in [0.1, 0.15) is 42.3 Å². The van der Waals surface area contributed by atoms with Crippen molar-refractivity contribution in [3.8, 4) is 0 Å². The highest BCUT2D eigenvalue weighted by molar-refractivity contribution is 5.99. The maximum Gasteiger partial charge on any atom is 0.252 e. The van der Waals surface area contributed by atoms with Crippen molar-refractivity contribution >= 4 is 17.7 Å². The van der Waals surface area contributed by atoms with Crippen LogP contribution in [0.4, 0.5) is 0 Å². The number of fused-ring (bicyclic) bond motifs is 1. The van der Waals surface area contributed by atoms with E-state index in [0.717, 1.165) is 11.1 Å². The number of nitrogens with two attached hydrogens (primary N) is 1. The highest BCUT2D eigenvalue weighted by Crippen LogP contribution is 2.36. The summed E-state index contributed by atoms with van der Waals surface area (Å²) in [5.41, 5.74) is 7.47. The van der Waals surface area contributed by atoms with E-state index in [-0.39, 0.29) is 30.8 Å². The Hall–Kier alpha value is -3.19. The third-order valence-corrected chi connectivity index (χ3v) is 6.42. The third-order valence-electron chi connectivity index (χ3n) is 6.42. The molecule has 1 fully saturated rings. The molecule has 1 spiro atoms. The monoisotopic (exact) mass is 448 g/mol. The van der Waals surface area contributed by atoms with E-state index in [9.17, 15) is 14.4 Å². The molecule has 174 valence electrons. The van der Waals surface area contributed by atoms with Gasteiger partial charge < -0.3 is 21.3 Å². The van der Waals surface area contributed by atoms with E-state index in [0.29, 0.717) is 18.4 Å². The lowest BCUT2D eigenvalue weighted by Crippen LogP contribution is -2.62. The molecule has 3 amide bonds. The molecule has 2 heterocycles. The zero-order valence-corrected chi connectivity index (χ0v) is 19.4. The van der Waals surface area contributed by atoms with Gasteiger partial charge in [-0.3, -0.25) is 14.4 Å². The van der Waals surface area contributed by atoms with Crippen LogP contribution in [0.5, 0.6) is 0 Å². The van der Waals surface area contributed by atoms with Gasteiger partial charge in [0.15, 0.2) is 0 Å². The molecule has 7 heteroatoms.